The molecule has 0 atom stereocenters. The van der Waals surface area contributed by atoms with E-state index in [0.717, 1.165) is 67.5 Å². The molecule has 1 aliphatic heterocycles. The highest BCUT2D eigenvalue weighted by atomic mass is 15.2. The van der Waals surface area contributed by atoms with Crippen LogP contribution in [-0.2, 0) is 25.7 Å². The smallest absolute Gasteiger partial charge is 0.210 e. The molecule has 38 heavy (non-hydrogen) atoms. The van der Waals surface area contributed by atoms with E-state index in [0.29, 0.717) is 0 Å². The van der Waals surface area contributed by atoms with E-state index in [1.807, 2.05) is 0 Å². The molecule has 0 aliphatic carbocycles. The lowest BCUT2D eigenvalue weighted by Crippen LogP contribution is -2.05. The van der Waals surface area contributed by atoms with Crippen molar-refractivity contribution < 1.29 is 4.70 Å². The summed E-state index contributed by atoms with van der Waals surface area (Å²) < 4.78 is 1.50. The molecule has 1 aliphatic rings. The van der Waals surface area contributed by atoms with Gasteiger partial charge in [-0.05, 0) is 111 Å². The van der Waals surface area contributed by atoms with Crippen LogP contribution >= 0.6 is 0 Å². The fourth-order valence-corrected chi connectivity index (χ4v) is 5.60. The van der Waals surface area contributed by atoms with E-state index in [2.05, 4.69) is 77.1 Å². The number of benzene rings is 2. The van der Waals surface area contributed by atoms with Gasteiger partial charge in [0.05, 0.1) is 0 Å². The Labute approximate surface area is 233 Å². The van der Waals surface area contributed by atoms with Crippen LogP contribution in [0.4, 0.5) is 0 Å². The summed E-state index contributed by atoms with van der Waals surface area (Å²) in [6, 6.07) is 13.9. The summed E-state index contributed by atoms with van der Waals surface area (Å²) in [6.45, 7) is 11.3. The zero-order valence-corrected chi connectivity index (χ0v) is 25.0. The third-order valence-electron chi connectivity index (χ3n) is 8.04. The molecule has 0 radical (unpaired) electrons. The fraction of sp³-hybridized carbons (Fsp3) is 0.556. The lowest BCUT2D eigenvalue weighted by molar-refractivity contribution is -0.344. The van der Waals surface area contributed by atoms with Crippen molar-refractivity contribution in [1.82, 2.24) is 0 Å². The molecule has 1 heterocycles. The Hall–Kier alpha value is -2.48. The predicted molar refractivity (Wildman–Crippen MR) is 165 cm³/mol. The molecular weight excluding hydrogens is 460 g/mol. The largest absolute Gasteiger partial charge is 0.493 e. The Kier molecular flexibility index (Phi) is 12.5. The normalized spacial score (nSPS) is 13.5. The number of nitrogens with zero attached hydrogens (tertiary/aromatic N) is 2. The average Bonchev–Trinajstić information content (AvgIpc) is 3.27. The Bertz CT molecular complexity index is 1120. The molecule has 0 aromatic heterocycles. The van der Waals surface area contributed by atoms with Crippen LogP contribution in [0.3, 0.4) is 0 Å². The summed E-state index contributed by atoms with van der Waals surface area (Å²) in [5, 5.41) is 0. The third-order valence-corrected chi connectivity index (χ3v) is 8.04. The van der Waals surface area contributed by atoms with Crippen LogP contribution in [-0.4, -0.2) is 4.70 Å². The number of unbranched alkanes of at least 4 members (excludes halogenated alkanes) is 5. The zero-order chi connectivity index (χ0) is 27.3. The molecule has 0 N–H and O–H groups in total. The molecule has 2 nitrogen and oxygen atoms in total. The molecule has 2 aromatic carbocycles. The van der Waals surface area contributed by atoms with E-state index in [4.69, 9.17) is 0 Å². The summed E-state index contributed by atoms with van der Waals surface area (Å²) in [7, 11) is 0. The van der Waals surface area contributed by atoms with Gasteiger partial charge in [-0.1, -0.05) is 78.9 Å². The van der Waals surface area contributed by atoms with E-state index < -0.39 is 0 Å². The summed E-state index contributed by atoms with van der Waals surface area (Å²) >= 11 is 0. The molecule has 206 valence electrons. The van der Waals surface area contributed by atoms with Crippen molar-refractivity contribution in [3.8, 4) is 0 Å². The maximum atomic E-state index is 11.7. The van der Waals surface area contributed by atoms with E-state index in [1.165, 1.54) is 83.9 Å². The van der Waals surface area contributed by atoms with Crippen LogP contribution in [0.1, 0.15) is 139 Å². The standard InChI is InChI=1S/C36H52N2/c1-6-11-16-28-21-23-32(25-30(28)18-13-8-3)35-27-33(20-15-10-5)36(38(35)37)34-24-22-29(17-12-7-2)31(26-34)19-14-9-4/h21-27H,6-20H2,1-5H3. The lowest BCUT2D eigenvalue weighted by atomic mass is 9.93. The second kappa shape index (κ2) is 15.8. The van der Waals surface area contributed by atoms with E-state index in [9.17, 15) is 5.53 Å². The maximum absolute atomic E-state index is 11.7. The molecule has 2 heteroatoms. The second-order valence-electron chi connectivity index (χ2n) is 11.2. The number of allylic oxidation sites excluding steroid dienone is 2. The molecule has 0 unspecified atom stereocenters. The molecular formula is C36H52N2. The van der Waals surface area contributed by atoms with Crippen molar-refractivity contribution >= 4 is 11.4 Å². The number of hydrogen-bond acceptors (Lipinski definition) is 0. The summed E-state index contributed by atoms with van der Waals surface area (Å²) in [6.07, 6.45) is 19.8. The number of hydrogen-bond donors (Lipinski definition) is 0. The summed E-state index contributed by atoms with van der Waals surface area (Å²) in [5.41, 5.74) is 23.0. The molecule has 0 spiro atoms. The quantitative estimate of drug-likeness (QED) is 0.188. The van der Waals surface area contributed by atoms with Gasteiger partial charge in [-0.2, -0.15) is 0 Å². The van der Waals surface area contributed by atoms with E-state index in [1.54, 1.807) is 0 Å². The van der Waals surface area contributed by atoms with Gasteiger partial charge in [-0.15, -0.1) is 0 Å². The summed E-state index contributed by atoms with van der Waals surface area (Å²) in [5.74, 6) is 0. The highest BCUT2D eigenvalue weighted by Gasteiger charge is 2.29. The number of rotatable bonds is 17. The first kappa shape index (κ1) is 30.1. The second-order valence-corrected chi connectivity index (χ2v) is 11.2. The first-order chi connectivity index (χ1) is 18.6. The van der Waals surface area contributed by atoms with Crippen molar-refractivity contribution in [3.05, 3.63) is 87.0 Å². The van der Waals surface area contributed by atoms with Gasteiger partial charge in [0.2, 0.25) is 11.4 Å². The molecule has 0 amide bonds. The van der Waals surface area contributed by atoms with E-state index in [-0.39, 0.29) is 0 Å². The van der Waals surface area contributed by atoms with Crippen LogP contribution < -0.4 is 0 Å². The third kappa shape index (κ3) is 7.78. The first-order valence-electron chi connectivity index (χ1n) is 15.8. The first-order valence-corrected chi connectivity index (χ1v) is 15.8. The van der Waals surface area contributed by atoms with Crippen LogP contribution in [0.25, 0.3) is 16.9 Å². The van der Waals surface area contributed by atoms with Crippen LogP contribution in [0.5, 0.6) is 0 Å². The van der Waals surface area contributed by atoms with Crippen molar-refractivity contribution in [3.63, 3.8) is 0 Å². The minimum Gasteiger partial charge on any atom is -0.493 e. The van der Waals surface area contributed by atoms with Crippen molar-refractivity contribution in [2.24, 2.45) is 0 Å². The Morgan fingerprint density at radius 1 is 0.526 bits per heavy atom. The highest BCUT2D eigenvalue weighted by Crippen LogP contribution is 2.38. The van der Waals surface area contributed by atoms with E-state index >= 15 is 0 Å². The van der Waals surface area contributed by atoms with Gasteiger partial charge in [-0.25, -0.2) is 4.70 Å². The topological polar surface area (TPSA) is 25.3 Å². The maximum Gasteiger partial charge on any atom is 0.210 e. The minimum atomic E-state index is 0.927. The molecule has 0 saturated carbocycles. The SMILES string of the molecule is CCCCC1=C(c2ccc(CCCC)c(CCCC)c2)[N+](=[N-])C(c2ccc(CCCC)c(CCCC)c2)=C1. The van der Waals surface area contributed by atoms with Crippen LogP contribution in [0.2, 0.25) is 0 Å². The Morgan fingerprint density at radius 3 is 1.45 bits per heavy atom. The molecule has 3 rings (SSSR count). The Balaban J connectivity index is 1.99. The van der Waals surface area contributed by atoms with Gasteiger partial charge in [0.1, 0.15) is 0 Å². The predicted octanol–water partition coefficient (Wildman–Crippen LogP) is 11.0. The summed E-state index contributed by atoms with van der Waals surface area (Å²) in [4.78, 5) is 0. The van der Waals surface area contributed by atoms with Crippen molar-refractivity contribution in [2.45, 2.75) is 131 Å². The lowest BCUT2D eigenvalue weighted by Gasteiger charge is -2.15. The highest BCUT2D eigenvalue weighted by molar-refractivity contribution is 5.79. The van der Waals surface area contributed by atoms with Gasteiger partial charge in [0.15, 0.2) is 0 Å². The average molecular weight is 513 g/mol. The van der Waals surface area contributed by atoms with Gasteiger partial charge in [-0.3, -0.25) is 0 Å². The molecule has 0 fully saturated rings. The van der Waals surface area contributed by atoms with Crippen LogP contribution in [0.15, 0.2) is 48.0 Å². The minimum absolute atomic E-state index is 0.927. The van der Waals surface area contributed by atoms with Crippen molar-refractivity contribution in [1.29, 1.82) is 0 Å². The van der Waals surface area contributed by atoms with Gasteiger partial charge in [0.25, 0.3) is 0 Å². The Morgan fingerprint density at radius 2 is 0.947 bits per heavy atom. The molecule has 0 bridgehead atoms. The number of aryl methyl sites for hydroxylation is 4. The fourth-order valence-electron chi connectivity index (χ4n) is 5.60. The van der Waals surface area contributed by atoms with Gasteiger partial charge < -0.3 is 5.53 Å². The van der Waals surface area contributed by atoms with Crippen molar-refractivity contribution in [2.75, 3.05) is 0 Å². The van der Waals surface area contributed by atoms with Gasteiger partial charge in [0, 0.05) is 22.8 Å². The monoisotopic (exact) mass is 512 g/mol. The molecule has 0 saturated heterocycles. The van der Waals surface area contributed by atoms with Gasteiger partial charge >= 0.3 is 0 Å². The van der Waals surface area contributed by atoms with Crippen LogP contribution in [0, 0.1) is 0 Å². The molecule has 2 aromatic rings. The zero-order valence-electron chi connectivity index (χ0n) is 25.0.